The molecule has 1 aromatic rings. The predicted octanol–water partition coefficient (Wildman–Crippen LogP) is 1.81. The van der Waals surface area contributed by atoms with E-state index in [-0.39, 0.29) is 5.82 Å². The van der Waals surface area contributed by atoms with Crippen LogP contribution in [0.3, 0.4) is 0 Å². The molecule has 0 bridgehead atoms. The van der Waals surface area contributed by atoms with Crippen molar-refractivity contribution in [1.82, 2.24) is 9.80 Å². The molecule has 2 N–H and O–H groups in total. The van der Waals surface area contributed by atoms with Crippen LogP contribution in [-0.2, 0) is 13.1 Å². The number of piperazine rings is 1. The van der Waals surface area contributed by atoms with E-state index in [1.165, 1.54) is 6.07 Å². The molecule has 0 saturated carbocycles. The number of rotatable bonds is 4. The molecule has 0 unspecified atom stereocenters. The number of hydrogen-bond acceptors (Lipinski definition) is 3. The molecule has 0 radical (unpaired) electrons. The van der Waals surface area contributed by atoms with Crippen LogP contribution in [0, 0.1) is 5.82 Å². The van der Waals surface area contributed by atoms with Crippen molar-refractivity contribution in [3.8, 4) is 0 Å². The van der Waals surface area contributed by atoms with Crippen LogP contribution >= 0.6 is 0 Å². The highest BCUT2D eigenvalue weighted by Crippen LogP contribution is 2.15. The summed E-state index contributed by atoms with van der Waals surface area (Å²) >= 11 is 0. The lowest BCUT2D eigenvalue weighted by Crippen LogP contribution is -2.48. The average Bonchev–Trinajstić information content (AvgIpc) is 2.41. The van der Waals surface area contributed by atoms with Crippen LogP contribution in [0.2, 0.25) is 0 Å². The van der Waals surface area contributed by atoms with Gasteiger partial charge in [0.05, 0.1) is 0 Å². The first-order valence-electron chi connectivity index (χ1n) is 7.04. The maximum Gasteiger partial charge on any atom is 0.123 e. The van der Waals surface area contributed by atoms with Crippen LogP contribution in [0.4, 0.5) is 4.39 Å². The van der Waals surface area contributed by atoms with Gasteiger partial charge in [0.2, 0.25) is 0 Å². The lowest BCUT2D eigenvalue weighted by Gasteiger charge is -2.37. The van der Waals surface area contributed by atoms with E-state index in [2.05, 4.69) is 23.6 Å². The van der Waals surface area contributed by atoms with Gasteiger partial charge < -0.3 is 5.73 Å². The Morgan fingerprint density at radius 3 is 2.42 bits per heavy atom. The minimum atomic E-state index is -0.200. The van der Waals surface area contributed by atoms with Crippen LogP contribution in [-0.4, -0.2) is 42.0 Å². The summed E-state index contributed by atoms with van der Waals surface area (Å²) in [5.41, 5.74) is 7.77. The Hall–Kier alpha value is -0.970. The maximum absolute atomic E-state index is 13.2. The van der Waals surface area contributed by atoms with E-state index >= 15 is 0 Å². The quantitative estimate of drug-likeness (QED) is 0.901. The topological polar surface area (TPSA) is 32.5 Å². The van der Waals surface area contributed by atoms with Crippen molar-refractivity contribution < 1.29 is 4.39 Å². The van der Waals surface area contributed by atoms with Crippen molar-refractivity contribution in [2.75, 3.05) is 26.2 Å². The van der Waals surface area contributed by atoms with Gasteiger partial charge in [0.15, 0.2) is 0 Å². The van der Waals surface area contributed by atoms with Gasteiger partial charge in [0.25, 0.3) is 0 Å². The molecule has 0 aromatic heterocycles. The molecule has 2 rings (SSSR count). The Balaban J connectivity index is 1.95. The molecule has 3 nitrogen and oxygen atoms in total. The second kappa shape index (κ2) is 6.46. The van der Waals surface area contributed by atoms with Gasteiger partial charge in [-0.05, 0) is 37.1 Å². The molecule has 1 aromatic carbocycles. The molecular formula is C15H24FN3. The number of nitrogens with zero attached hydrogens (tertiary/aromatic N) is 2. The van der Waals surface area contributed by atoms with Gasteiger partial charge >= 0.3 is 0 Å². The largest absolute Gasteiger partial charge is 0.326 e. The van der Waals surface area contributed by atoms with Gasteiger partial charge in [-0.1, -0.05) is 6.07 Å². The Morgan fingerprint density at radius 2 is 1.84 bits per heavy atom. The Labute approximate surface area is 115 Å². The lowest BCUT2D eigenvalue weighted by molar-refractivity contribution is 0.104. The molecule has 4 heteroatoms. The smallest absolute Gasteiger partial charge is 0.123 e. The third-order valence-corrected chi connectivity index (χ3v) is 3.92. The first-order valence-corrected chi connectivity index (χ1v) is 7.04. The van der Waals surface area contributed by atoms with E-state index in [1.54, 1.807) is 6.07 Å². The van der Waals surface area contributed by atoms with Gasteiger partial charge in [-0.15, -0.1) is 0 Å². The van der Waals surface area contributed by atoms with Crippen LogP contribution in [0.5, 0.6) is 0 Å². The third-order valence-electron chi connectivity index (χ3n) is 3.92. The first kappa shape index (κ1) is 14.4. The monoisotopic (exact) mass is 265 g/mol. The summed E-state index contributed by atoms with van der Waals surface area (Å²) in [5.74, 6) is -0.200. The van der Waals surface area contributed by atoms with Crippen molar-refractivity contribution >= 4 is 0 Å². The van der Waals surface area contributed by atoms with E-state index in [4.69, 9.17) is 5.73 Å². The van der Waals surface area contributed by atoms with Gasteiger partial charge in [-0.25, -0.2) is 4.39 Å². The van der Waals surface area contributed by atoms with E-state index in [0.717, 1.165) is 43.9 Å². The summed E-state index contributed by atoms with van der Waals surface area (Å²) in [5, 5.41) is 0. The highest BCUT2D eigenvalue weighted by molar-refractivity contribution is 5.27. The highest BCUT2D eigenvalue weighted by atomic mass is 19.1. The zero-order chi connectivity index (χ0) is 13.8. The summed E-state index contributed by atoms with van der Waals surface area (Å²) < 4.78 is 13.2. The number of hydrogen-bond donors (Lipinski definition) is 1. The molecule has 1 aliphatic heterocycles. The van der Waals surface area contributed by atoms with E-state index in [9.17, 15) is 4.39 Å². The summed E-state index contributed by atoms with van der Waals surface area (Å²) in [6, 6.07) is 5.57. The van der Waals surface area contributed by atoms with Gasteiger partial charge in [0, 0.05) is 45.3 Å². The van der Waals surface area contributed by atoms with Crippen molar-refractivity contribution in [3.05, 3.63) is 35.1 Å². The van der Waals surface area contributed by atoms with Crippen LogP contribution in [0.25, 0.3) is 0 Å². The molecular weight excluding hydrogens is 241 g/mol. The van der Waals surface area contributed by atoms with Crippen LogP contribution in [0.15, 0.2) is 18.2 Å². The Bertz CT molecular complexity index is 412. The van der Waals surface area contributed by atoms with Crippen LogP contribution in [0.1, 0.15) is 25.0 Å². The minimum absolute atomic E-state index is 0.200. The third kappa shape index (κ3) is 3.75. The van der Waals surface area contributed by atoms with Crippen molar-refractivity contribution in [1.29, 1.82) is 0 Å². The maximum atomic E-state index is 13.2. The van der Waals surface area contributed by atoms with Gasteiger partial charge in [-0.2, -0.15) is 0 Å². The average molecular weight is 265 g/mol. The first-order chi connectivity index (χ1) is 9.10. The molecule has 1 heterocycles. The standard InChI is InChI=1S/C15H24FN3/c1-12(2)19-7-5-18(6-8-19)11-13-3-4-15(16)9-14(13)10-17/h3-4,9,12H,5-8,10-11,17H2,1-2H3. The zero-order valence-corrected chi connectivity index (χ0v) is 11.9. The number of benzene rings is 1. The minimum Gasteiger partial charge on any atom is -0.326 e. The lowest BCUT2D eigenvalue weighted by atomic mass is 10.1. The highest BCUT2D eigenvalue weighted by Gasteiger charge is 2.19. The SMILES string of the molecule is CC(C)N1CCN(Cc2ccc(F)cc2CN)CC1. The molecule has 1 saturated heterocycles. The zero-order valence-electron chi connectivity index (χ0n) is 11.9. The molecule has 1 aliphatic rings. The predicted molar refractivity (Wildman–Crippen MR) is 76.3 cm³/mol. The fourth-order valence-electron chi connectivity index (χ4n) is 2.62. The Morgan fingerprint density at radius 1 is 1.16 bits per heavy atom. The fourth-order valence-corrected chi connectivity index (χ4v) is 2.62. The Kier molecular flexibility index (Phi) is 4.91. The summed E-state index contributed by atoms with van der Waals surface area (Å²) in [4.78, 5) is 4.91. The number of halogens is 1. The van der Waals surface area contributed by atoms with Crippen molar-refractivity contribution in [2.24, 2.45) is 5.73 Å². The molecule has 0 atom stereocenters. The van der Waals surface area contributed by atoms with Gasteiger partial charge in [0.1, 0.15) is 5.82 Å². The summed E-state index contributed by atoms with van der Waals surface area (Å²) in [6.07, 6.45) is 0. The molecule has 1 fully saturated rings. The van der Waals surface area contributed by atoms with Crippen LogP contribution < -0.4 is 5.73 Å². The van der Waals surface area contributed by atoms with E-state index in [0.29, 0.717) is 12.6 Å². The van der Waals surface area contributed by atoms with Crippen molar-refractivity contribution in [3.63, 3.8) is 0 Å². The van der Waals surface area contributed by atoms with Gasteiger partial charge in [-0.3, -0.25) is 9.80 Å². The fraction of sp³-hybridized carbons (Fsp3) is 0.600. The number of nitrogens with two attached hydrogens (primary N) is 1. The van der Waals surface area contributed by atoms with E-state index < -0.39 is 0 Å². The molecule has 0 aliphatic carbocycles. The molecule has 0 spiro atoms. The normalized spacial score (nSPS) is 18.2. The molecule has 106 valence electrons. The van der Waals surface area contributed by atoms with E-state index in [1.807, 2.05) is 6.07 Å². The molecule has 0 amide bonds. The molecule has 19 heavy (non-hydrogen) atoms. The summed E-state index contributed by atoms with van der Waals surface area (Å²) in [7, 11) is 0. The summed E-state index contributed by atoms with van der Waals surface area (Å²) in [6.45, 7) is 10.1. The second-order valence-corrected chi connectivity index (χ2v) is 5.52. The van der Waals surface area contributed by atoms with Crippen molar-refractivity contribution in [2.45, 2.75) is 33.0 Å². The second-order valence-electron chi connectivity index (χ2n) is 5.52.